The SMILES string of the molecule is CC(O)CCNCC1CC(F)(F)C(=O)O1. The monoisotopic (exact) mass is 223 g/mol. The number of carbonyl (C=O) groups is 1. The van der Waals surface area contributed by atoms with Gasteiger partial charge >= 0.3 is 11.9 Å². The van der Waals surface area contributed by atoms with Gasteiger partial charge in [0.1, 0.15) is 6.10 Å². The highest BCUT2D eigenvalue weighted by molar-refractivity contribution is 5.79. The van der Waals surface area contributed by atoms with Crippen LogP contribution in [0, 0.1) is 0 Å². The molecule has 2 atom stereocenters. The Balaban J connectivity index is 2.17. The van der Waals surface area contributed by atoms with Crippen LogP contribution >= 0.6 is 0 Å². The standard InChI is InChI=1S/C9H15F2NO3/c1-6(13)2-3-12-5-7-4-9(10,11)8(14)15-7/h6-7,12-13H,2-5H2,1H3. The Morgan fingerprint density at radius 2 is 2.40 bits per heavy atom. The van der Waals surface area contributed by atoms with E-state index >= 15 is 0 Å². The molecule has 1 saturated heterocycles. The average molecular weight is 223 g/mol. The summed E-state index contributed by atoms with van der Waals surface area (Å²) in [4.78, 5) is 10.6. The zero-order chi connectivity index (χ0) is 11.5. The Morgan fingerprint density at radius 1 is 1.73 bits per heavy atom. The van der Waals surface area contributed by atoms with Gasteiger partial charge in [0, 0.05) is 6.54 Å². The molecule has 2 N–H and O–H groups in total. The van der Waals surface area contributed by atoms with E-state index in [1.165, 1.54) is 0 Å². The molecule has 1 rings (SSSR count). The molecule has 2 unspecified atom stereocenters. The predicted molar refractivity (Wildman–Crippen MR) is 48.6 cm³/mol. The van der Waals surface area contributed by atoms with Gasteiger partial charge in [-0.2, -0.15) is 8.78 Å². The van der Waals surface area contributed by atoms with Crippen LogP contribution < -0.4 is 5.32 Å². The lowest BCUT2D eigenvalue weighted by Gasteiger charge is -2.10. The molecule has 1 aliphatic heterocycles. The highest BCUT2D eigenvalue weighted by atomic mass is 19.3. The van der Waals surface area contributed by atoms with E-state index in [0.29, 0.717) is 13.0 Å². The fourth-order valence-electron chi connectivity index (χ4n) is 1.34. The lowest BCUT2D eigenvalue weighted by atomic mass is 10.2. The van der Waals surface area contributed by atoms with Crippen molar-refractivity contribution < 1.29 is 23.4 Å². The third-order valence-corrected chi connectivity index (χ3v) is 2.17. The van der Waals surface area contributed by atoms with Crippen molar-refractivity contribution in [3.05, 3.63) is 0 Å². The second-order valence-electron chi connectivity index (χ2n) is 3.78. The molecule has 0 radical (unpaired) electrons. The summed E-state index contributed by atoms with van der Waals surface area (Å²) in [5.41, 5.74) is 0. The Morgan fingerprint density at radius 3 is 2.87 bits per heavy atom. The molecule has 1 fully saturated rings. The van der Waals surface area contributed by atoms with Gasteiger partial charge in [-0.3, -0.25) is 0 Å². The van der Waals surface area contributed by atoms with Crippen LogP contribution in [0.1, 0.15) is 19.8 Å². The van der Waals surface area contributed by atoms with E-state index in [4.69, 9.17) is 5.11 Å². The number of halogens is 2. The number of alkyl halides is 2. The second-order valence-corrected chi connectivity index (χ2v) is 3.78. The number of cyclic esters (lactones) is 1. The number of carbonyl (C=O) groups excluding carboxylic acids is 1. The van der Waals surface area contributed by atoms with Crippen molar-refractivity contribution in [2.24, 2.45) is 0 Å². The molecule has 88 valence electrons. The van der Waals surface area contributed by atoms with Gasteiger partial charge in [0.05, 0.1) is 12.5 Å². The van der Waals surface area contributed by atoms with Crippen LogP contribution in [0.5, 0.6) is 0 Å². The number of nitrogens with one attached hydrogen (secondary N) is 1. The first-order valence-electron chi connectivity index (χ1n) is 4.89. The minimum atomic E-state index is -3.34. The molecule has 0 aromatic heterocycles. The maximum absolute atomic E-state index is 12.7. The summed E-state index contributed by atoms with van der Waals surface area (Å²) in [6.45, 7) is 2.36. The van der Waals surface area contributed by atoms with Crippen molar-refractivity contribution in [1.29, 1.82) is 0 Å². The number of hydrogen-bond donors (Lipinski definition) is 2. The van der Waals surface area contributed by atoms with Crippen molar-refractivity contribution in [1.82, 2.24) is 5.32 Å². The van der Waals surface area contributed by atoms with Crippen LogP contribution in [0.15, 0.2) is 0 Å². The molecule has 1 aliphatic rings. The van der Waals surface area contributed by atoms with E-state index in [-0.39, 0.29) is 6.54 Å². The lowest BCUT2D eigenvalue weighted by Crippen LogP contribution is -2.29. The van der Waals surface area contributed by atoms with Crippen LogP contribution in [-0.4, -0.2) is 42.3 Å². The Bertz CT molecular complexity index is 233. The van der Waals surface area contributed by atoms with Gasteiger partial charge in [-0.05, 0) is 19.9 Å². The number of aliphatic hydroxyl groups excluding tert-OH is 1. The summed E-state index contributed by atoms with van der Waals surface area (Å²) in [7, 11) is 0. The third-order valence-electron chi connectivity index (χ3n) is 2.17. The first-order valence-corrected chi connectivity index (χ1v) is 4.89. The summed E-state index contributed by atoms with van der Waals surface area (Å²) in [5.74, 6) is -4.78. The van der Waals surface area contributed by atoms with Gasteiger partial charge in [-0.25, -0.2) is 4.79 Å². The number of ether oxygens (including phenoxy) is 1. The van der Waals surface area contributed by atoms with Crippen molar-refractivity contribution in [3.8, 4) is 0 Å². The summed E-state index contributed by atoms with van der Waals surface area (Å²) < 4.78 is 29.8. The highest BCUT2D eigenvalue weighted by Crippen LogP contribution is 2.30. The highest BCUT2D eigenvalue weighted by Gasteiger charge is 2.50. The summed E-state index contributed by atoms with van der Waals surface area (Å²) >= 11 is 0. The minimum absolute atomic E-state index is 0.202. The fourth-order valence-corrected chi connectivity index (χ4v) is 1.34. The molecular weight excluding hydrogens is 208 g/mol. The van der Waals surface area contributed by atoms with Crippen LogP contribution in [0.2, 0.25) is 0 Å². The molecule has 1 heterocycles. The lowest BCUT2D eigenvalue weighted by molar-refractivity contribution is -0.159. The number of aliphatic hydroxyl groups is 1. The minimum Gasteiger partial charge on any atom is -0.456 e. The first kappa shape index (κ1) is 12.3. The van der Waals surface area contributed by atoms with Crippen LogP contribution in [-0.2, 0) is 9.53 Å². The Hall–Kier alpha value is -0.750. The molecule has 0 bridgehead atoms. The van der Waals surface area contributed by atoms with Crippen LogP contribution in [0.4, 0.5) is 8.78 Å². The quantitative estimate of drug-likeness (QED) is 0.520. The van der Waals surface area contributed by atoms with E-state index in [0.717, 1.165) is 0 Å². The predicted octanol–water partition coefficient (Wildman–Crippen LogP) is 0.298. The van der Waals surface area contributed by atoms with E-state index in [2.05, 4.69) is 10.1 Å². The van der Waals surface area contributed by atoms with Crippen molar-refractivity contribution in [3.63, 3.8) is 0 Å². The first-order chi connectivity index (χ1) is 6.92. The zero-order valence-electron chi connectivity index (χ0n) is 8.50. The van der Waals surface area contributed by atoms with Gasteiger partial charge in [0.25, 0.3) is 0 Å². The molecule has 0 aliphatic carbocycles. The number of esters is 1. The zero-order valence-corrected chi connectivity index (χ0v) is 8.50. The summed E-state index contributed by atoms with van der Waals surface area (Å²) in [5, 5.41) is 11.8. The molecule has 0 aromatic carbocycles. The second kappa shape index (κ2) is 4.85. The molecule has 15 heavy (non-hydrogen) atoms. The van der Waals surface area contributed by atoms with Crippen molar-refractivity contribution >= 4 is 5.97 Å². The van der Waals surface area contributed by atoms with Gasteiger partial charge in [-0.15, -0.1) is 0 Å². The van der Waals surface area contributed by atoms with E-state index in [9.17, 15) is 13.6 Å². The van der Waals surface area contributed by atoms with Gasteiger partial charge in [0.15, 0.2) is 0 Å². The molecule has 6 heteroatoms. The van der Waals surface area contributed by atoms with Gasteiger partial charge < -0.3 is 15.2 Å². The van der Waals surface area contributed by atoms with E-state index in [1.807, 2.05) is 0 Å². The number of rotatable bonds is 5. The molecule has 4 nitrogen and oxygen atoms in total. The topological polar surface area (TPSA) is 58.6 Å². The third kappa shape index (κ3) is 3.71. The van der Waals surface area contributed by atoms with E-state index in [1.54, 1.807) is 6.92 Å². The molecule has 0 saturated carbocycles. The smallest absolute Gasteiger partial charge is 0.377 e. The Labute approximate surface area is 86.6 Å². The molecular formula is C9H15F2NO3. The van der Waals surface area contributed by atoms with Crippen LogP contribution in [0.25, 0.3) is 0 Å². The largest absolute Gasteiger partial charge is 0.456 e. The molecule has 0 aromatic rings. The fraction of sp³-hybridized carbons (Fsp3) is 0.889. The maximum Gasteiger partial charge on any atom is 0.377 e. The van der Waals surface area contributed by atoms with Crippen LogP contribution in [0.3, 0.4) is 0 Å². The Kier molecular flexibility index (Phi) is 3.98. The van der Waals surface area contributed by atoms with Gasteiger partial charge in [-0.1, -0.05) is 0 Å². The maximum atomic E-state index is 12.7. The molecule has 0 spiro atoms. The van der Waals surface area contributed by atoms with E-state index < -0.39 is 30.5 Å². The summed E-state index contributed by atoms with van der Waals surface area (Å²) in [6.07, 6.45) is -1.21. The van der Waals surface area contributed by atoms with Gasteiger partial charge in [0.2, 0.25) is 0 Å². The number of hydrogen-bond acceptors (Lipinski definition) is 4. The average Bonchev–Trinajstić information content (AvgIpc) is 2.35. The molecule has 0 amide bonds. The van der Waals surface area contributed by atoms with Crippen molar-refractivity contribution in [2.75, 3.05) is 13.1 Å². The van der Waals surface area contributed by atoms with Crippen molar-refractivity contribution in [2.45, 2.75) is 37.9 Å². The summed E-state index contributed by atoms with van der Waals surface area (Å²) in [6, 6.07) is 0. The normalized spacial score (nSPS) is 26.4.